The quantitative estimate of drug-likeness (QED) is 0.0477. The number of carboxylic acid groups (broad SMARTS) is 2. The Labute approximate surface area is 301 Å². The molecule has 19 heteroatoms. The first-order valence-electron chi connectivity index (χ1n) is 15.1. The van der Waals surface area contributed by atoms with Gasteiger partial charge in [0, 0.05) is 19.2 Å². The number of phenolic OH excluding ortho intramolecular Hbond substituents is 2. The largest absolute Gasteiger partial charge is 0.507 e. The van der Waals surface area contributed by atoms with Crippen molar-refractivity contribution in [3.05, 3.63) is 89.5 Å². The number of carbonyl (C=O) groups excluding carboxylic acids is 2. The predicted octanol–water partition coefficient (Wildman–Crippen LogP) is 7.64. The summed E-state index contributed by atoms with van der Waals surface area (Å²) < 4.78 is 9.09. The van der Waals surface area contributed by atoms with Crippen molar-refractivity contribution in [2.75, 3.05) is 26.7 Å². The summed E-state index contributed by atoms with van der Waals surface area (Å²) in [5.41, 5.74) is 2.44. The molecular formula is C34H34N8O11. The molecule has 0 aliphatic carbocycles. The minimum absolute atomic E-state index is 0.00950. The van der Waals surface area contributed by atoms with Gasteiger partial charge in [-0.25, -0.2) is 9.59 Å². The summed E-state index contributed by atoms with van der Waals surface area (Å²) in [6.45, 7) is 5.02. The second-order valence-electron chi connectivity index (χ2n) is 9.83. The van der Waals surface area contributed by atoms with Crippen LogP contribution >= 0.6 is 0 Å². The van der Waals surface area contributed by atoms with Crippen LogP contribution in [0.3, 0.4) is 0 Å². The molecule has 0 atom stereocenters. The maximum Gasteiger partial charge on any atom is 0.339 e. The van der Waals surface area contributed by atoms with Gasteiger partial charge in [-0.3, -0.25) is 9.59 Å². The molecule has 4 aromatic rings. The summed E-state index contributed by atoms with van der Waals surface area (Å²) >= 11 is 0. The zero-order valence-electron chi connectivity index (χ0n) is 28.5. The summed E-state index contributed by atoms with van der Waals surface area (Å²) in [5, 5.41) is 76.0. The van der Waals surface area contributed by atoms with Crippen molar-refractivity contribution in [2.45, 2.75) is 13.8 Å². The van der Waals surface area contributed by atoms with Gasteiger partial charge in [0.2, 0.25) is 0 Å². The van der Waals surface area contributed by atoms with Crippen molar-refractivity contribution in [3.8, 4) is 28.7 Å². The van der Waals surface area contributed by atoms with Crippen LogP contribution in [0.2, 0.25) is 0 Å². The Morgan fingerprint density at radius 1 is 0.604 bits per heavy atom. The first-order valence-corrected chi connectivity index (χ1v) is 15.1. The Hall–Kier alpha value is -7.44. The molecule has 19 nitrogen and oxygen atoms in total. The lowest BCUT2D eigenvalue weighted by Crippen LogP contribution is -1.98. The highest BCUT2D eigenvalue weighted by atomic mass is 16.5. The van der Waals surface area contributed by atoms with Crippen LogP contribution in [0.15, 0.2) is 114 Å². The van der Waals surface area contributed by atoms with E-state index >= 15 is 0 Å². The number of phenols is 3. The maximum atomic E-state index is 11.1. The molecule has 0 amide bonds. The minimum atomic E-state index is -1.18. The van der Waals surface area contributed by atoms with Gasteiger partial charge >= 0.3 is 11.9 Å². The van der Waals surface area contributed by atoms with Crippen molar-refractivity contribution >= 4 is 47.6 Å². The molecule has 0 spiro atoms. The summed E-state index contributed by atoms with van der Waals surface area (Å²) in [7, 11) is 1.52. The molecule has 0 unspecified atom stereocenters. The molecule has 0 aromatic heterocycles. The van der Waals surface area contributed by atoms with Gasteiger partial charge in [0.15, 0.2) is 23.0 Å². The molecule has 0 aliphatic rings. The number of aromatic carboxylic acids is 2. The van der Waals surface area contributed by atoms with E-state index < -0.39 is 11.9 Å². The Bertz CT molecular complexity index is 2000. The van der Waals surface area contributed by atoms with E-state index in [1.54, 1.807) is 25.1 Å². The topological polar surface area (TPSA) is 287 Å². The minimum Gasteiger partial charge on any atom is -0.507 e. The molecule has 53 heavy (non-hydrogen) atoms. The van der Waals surface area contributed by atoms with E-state index in [2.05, 4.69) is 50.4 Å². The number of azo groups is 4. The monoisotopic (exact) mass is 730 g/mol. The number of aromatic hydroxyl groups is 3. The van der Waals surface area contributed by atoms with Crippen LogP contribution in [0.25, 0.3) is 0 Å². The molecule has 0 radical (unpaired) electrons. The van der Waals surface area contributed by atoms with Crippen molar-refractivity contribution in [1.29, 1.82) is 0 Å². The Morgan fingerprint density at radius 3 is 1.47 bits per heavy atom. The van der Waals surface area contributed by atoms with Crippen LogP contribution in [0.4, 0.5) is 22.7 Å². The highest BCUT2D eigenvalue weighted by Gasteiger charge is 2.10. The van der Waals surface area contributed by atoms with Gasteiger partial charge in [0.25, 0.3) is 12.9 Å². The first-order chi connectivity index (χ1) is 25.4. The van der Waals surface area contributed by atoms with E-state index in [-0.39, 0.29) is 65.9 Å². The lowest BCUT2D eigenvalue weighted by Gasteiger charge is -2.01. The fourth-order valence-electron chi connectivity index (χ4n) is 3.70. The van der Waals surface area contributed by atoms with Crippen molar-refractivity contribution in [2.24, 2.45) is 40.9 Å². The molecule has 0 fully saturated rings. The van der Waals surface area contributed by atoms with Crippen molar-refractivity contribution in [3.63, 3.8) is 0 Å². The average molecular weight is 731 g/mol. The molecule has 276 valence electrons. The summed E-state index contributed by atoms with van der Waals surface area (Å²) in [6, 6.07) is 17.4. The van der Waals surface area contributed by atoms with Crippen molar-refractivity contribution < 1.29 is 54.2 Å². The number of rotatable bonds is 14. The number of hydrogen-bond donors (Lipinski definition) is 5. The Balaban J connectivity index is 0.000000303. The summed E-state index contributed by atoms with van der Waals surface area (Å²) in [5.74, 6) is -2.69. The van der Waals surface area contributed by atoms with Gasteiger partial charge in [-0.15, -0.1) is 0 Å². The zero-order valence-corrected chi connectivity index (χ0v) is 28.5. The molecule has 0 heterocycles. The molecule has 0 saturated carbocycles. The number of ether oxygens (including phenoxy) is 2. The second kappa shape index (κ2) is 22.3. The Kier molecular flexibility index (Phi) is 17.6. The van der Waals surface area contributed by atoms with Crippen LogP contribution in [0, 0.1) is 6.92 Å². The molecule has 4 rings (SSSR count). The van der Waals surface area contributed by atoms with E-state index in [1.165, 1.54) is 61.6 Å². The van der Waals surface area contributed by atoms with Crippen LogP contribution in [-0.4, -0.2) is 77.1 Å². The SMILES string of the molecule is CCN=Nc1ccc(O)c(C(=O)O)c1.CN=Nc1ccc(O)c(OC=O)c1.Cc1ccc(N=NCCN=Nc2ccc(O)c(OC=O)c2)cc1C(=O)O. The highest BCUT2D eigenvalue weighted by molar-refractivity contribution is 5.92. The zero-order chi connectivity index (χ0) is 39.2. The normalized spacial score (nSPS) is 10.8. The van der Waals surface area contributed by atoms with Crippen LogP contribution in [-0.2, 0) is 9.59 Å². The van der Waals surface area contributed by atoms with E-state index in [0.29, 0.717) is 34.9 Å². The predicted molar refractivity (Wildman–Crippen MR) is 187 cm³/mol. The van der Waals surface area contributed by atoms with Crippen LogP contribution < -0.4 is 9.47 Å². The number of carbonyl (C=O) groups is 4. The van der Waals surface area contributed by atoms with Gasteiger partial charge in [0.1, 0.15) is 11.3 Å². The van der Waals surface area contributed by atoms with Crippen molar-refractivity contribution in [1.82, 2.24) is 0 Å². The molecule has 5 N–H and O–H groups in total. The third-order valence-electron chi connectivity index (χ3n) is 6.11. The van der Waals surface area contributed by atoms with E-state index in [4.69, 9.17) is 10.2 Å². The van der Waals surface area contributed by atoms with E-state index in [1.807, 2.05) is 6.92 Å². The first kappa shape index (κ1) is 41.7. The second-order valence-corrected chi connectivity index (χ2v) is 9.83. The molecule has 0 saturated heterocycles. The number of nitrogens with zero attached hydrogens (tertiary/aromatic N) is 8. The number of carboxylic acids is 2. The smallest absolute Gasteiger partial charge is 0.339 e. The molecular weight excluding hydrogens is 696 g/mol. The third kappa shape index (κ3) is 14.5. The highest BCUT2D eigenvalue weighted by Crippen LogP contribution is 2.31. The fourth-order valence-corrected chi connectivity index (χ4v) is 3.70. The fraction of sp³-hybridized carbons (Fsp3) is 0.176. The molecule has 0 aliphatic heterocycles. The average Bonchev–Trinajstić information content (AvgIpc) is 3.13. The summed E-state index contributed by atoms with van der Waals surface area (Å²) in [6.07, 6.45) is 0. The maximum absolute atomic E-state index is 11.1. The third-order valence-corrected chi connectivity index (χ3v) is 6.11. The van der Waals surface area contributed by atoms with Crippen LogP contribution in [0.5, 0.6) is 28.7 Å². The van der Waals surface area contributed by atoms with E-state index in [0.717, 1.165) is 0 Å². The number of hydrogen-bond acceptors (Lipinski definition) is 17. The standard InChI is InChI=1S/C17H16N4O5.C9H10N2O3.C8H8N2O3/c1-11-2-3-12(8-14(11)17(24)25)20-18-6-7-19-21-13-4-5-15(23)16(9-13)26-10-22;1-2-10-11-6-3-4-8(12)7(5-6)9(13)14;1-9-10-6-2-3-7(12)8(4-6)13-5-11/h2-5,8-10,23H,6-7H2,1H3,(H,24,25);3-5,12H,2H2,1H3,(H,13,14);2-5,12H,1H3. The van der Waals surface area contributed by atoms with Gasteiger partial charge in [-0.05, 0) is 74.0 Å². The lowest BCUT2D eigenvalue weighted by atomic mass is 10.1. The van der Waals surface area contributed by atoms with Gasteiger partial charge in [-0.1, -0.05) is 6.07 Å². The summed E-state index contributed by atoms with van der Waals surface area (Å²) in [4.78, 5) is 42.0. The van der Waals surface area contributed by atoms with E-state index in [9.17, 15) is 34.5 Å². The van der Waals surface area contributed by atoms with Gasteiger partial charge in [-0.2, -0.15) is 40.9 Å². The number of benzene rings is 4. The molecule has 4 aromatic carbocycles. The Morgan fingerprint density at radius 2 is 1.02 bits per heavy atom. The number of aryl methyl sites for hydroxylation is 1. The lowest BCUT2D eigenvalue weighted by molar-refractivity contribution is -0.121. The van der Waals surface area contributed by atoms with Gasteiger partial charge < -0.3 is 35.0 Å². The van der Waals surface area contributed by atoms with Gasteiger partial charge in [0.05, 0.1) is 47.9 Å². The molecule has 0 bridgehead atoms. The van der Waals surface area contributed by atoms with Crippen LogP contribution in [0.1, 0.15) is 33.2 Å².